The smallest absolute Gasteiger partial charge is 0.226 e. The minimum absolute atomic E-state index is 0.0139. The van der Waals surface area contributed by atoms with Gasteiger partial charge >= 0.3 is 0 Å². The van der Waals surface area contributed by atoms with Crippen LogP contribution in [0, 0.1) is 5.92 Å². The lowest BCUT2D eigenvalue weighted by Crippen LogP contribution is -2.14. The van der Waals surface area contributed by atoms with Gasteiger partial charge in [0, 0.05) is 18.8 Å². The molecule has 1 aromatic carbocycles. The number of nitrogens with two attached hydrogens (primary N) is 1. The van der Waals surface area contributed by atoms with Crippen LogP contribution in [-0.4, -0.2) is 19.1 Å². The molecule has 18 heavy (non-hydrogen) atoms. The number of hydrogen-bond donors (Lipinski definition) is 2. The van der Waals surface area contributed by atoms with Crippen molar-refractivity contribution >= 4 is 11.6 Å². The van der Waals surface area contributed by atoms with E-state index in [1.807, 2.05) is 24.3 Å². The Labute approximate surface area is 108 Å². The van der Waals surface area contributed by atoms with Crippen molar-refractivity contribution in [2.75, 3.05) is 18.5 Å². The SMILES string of the molecule is NCc1cccc(NC(=O)CCOCC2CC2)c1. The molecule has 0 saturated heterocycles. The van der Waals surface area contributed by atoms with E-state index in [4.69, 9.17) is 10.5 Å². The molecule has 2 rings (SSSR count). The molecule has 0 unspecified atom stereocenters. The third kappa shape index (κ3) is 4.47. The Balaban J connectivity index is 1.68. The Hall–Kier alpha value is -1.39. The molecule has 1 aliphatic rings. The zero-order chi connectivity index (χ0) is 12.8. The number of carbonyl (C=O) groups is 1. The minimum Gasteiger partial charge on any atom is -0.381 e. The van der Waals surface area contributed by atoms with Gasteiger partial charge in [0.15, 0.2) is 0 Å². The lowest BCUT2D eigenvalue weighted by Gasteiger charge is -2.07. The average Bonchev–Trinajstić information content (AvgIpc) is 3.19. The van der Waals surface area contributed by atoms with Gasteiger partial charge in [-0.2, -0.15) is 0 Å². The predicted molar refractivity (Wildman–Crippen MR) is 71.1 cm³/mol. The van der Waals surface area contributed by atoms with Crippen LogP contribution in [0.4, 0.5) is 5.69 Å². The molecule has 0 bridgehead atoms. The van der Waals surface area contributed by atoms with E-state index in [0.717, 1.165) is 23.8 Å². The summed E-state index contributed by atoms with van der Waals surface area (Å²) in [5.74, 6) is 0.731. The Morgan fingerprint density at radius 3 is 3.00 bits per heavy atom. The van der Waals surface area contributed by atoms with Crippen molar-refractivity contribution in [1.29, 1.82) is 0 Å². The normalized spacial score (nSPS) is 14.5. The molecule has 0 atom stereocenters. The summed E-state index contributed by atoms with van der Waals surface area (Å²) in [6.45, 7) is 1.78. The van der Waals surface area contributed by atoms with Crippen molar-refractivity contribution in [1.82, 2.24) is 0 Å². The number of nitrogens with one attached hydrogen (secondary N) is 1. The van der Waals surface area contributed by atoms with Crippen molar-refractivity contribution in [3.63, 3.8) is 0 Å². The number of hydrogen-bond acceptors (Lipinski definition) is 3. The quantitative estimate of drug-likeness (QED) is 0.724. The van der Waals surface area contributed by atoms with E-state index in [-0.39, 0.29) is 5.91 Å². The van der Waals surface area contributed by atoms with Gasteiger partial charge in [-0.1, -0.05) is 12.1 Å². The maximum Gasteiger partial charge on any atom is 0.226 e. The highest BCUT2D eigenvalue weighted by molar-refractivity contribution is 5.90. The number of carbonyl (C=O) groups excluding carboxylic acids is 1. The summed E-state index contributed by atoms with van der Waals surface area (Å²) in [7, 11) is 0. The monoisotopic (exact) mass is 248 g/mol. The number of rotatable bonds is 7. The first-order valence-electron chi connectivity index (χ1n) is 6.44. The molecule has 1 aromatic rings. The number of benzene rings is 1. The van der Waals surface area contributed by atoms with Gasteiger partial charge in [-0.15, -0.1) is 0 Å². The van der Waals surface area contributed by atoms with Crippen LogP contribution in [0.15, 0.2) is 24.3 Å². The molecule has 1 fully saturated rings. The Kier molecular flexibility index (Phi) is 4.73. The molecule has 4 heteroatoms. The molecule has 1 saturated carbocycles. The molecular weight excluding hydrogens is 228 g/mol. The molecule has 98 valence electrons. The molecule has 3 N–H and O–H groups in total. The third-order valence-corrected chi connectivity index (χ3v) is 2.97. The van der Waals surface area contributed by atoms with Crippen LogP contribution in [0.2, 0.25) is 0 Å². The van der Waals surface area contributed by atoms with Gasteiger partial charge < -0.3 is 15.8 Å². The van der Waals surface area contributed by atoms with Crippen LogP contribution >= 0.6 is 0 Å². The van der Waals surface area contributed by atoms with Crippen LogP contribution < -0.4 is 11.1 Å². The number of ether oxygens (including phenoxy) is 1. The fourth-order valence-electron chi connectivity index (χ4n) is 1.70. The Bertz CT molecular complexity index is 403. The Morgan fingerprint density at radius 2 is 2.28 bits per heavy atom. The van der Waals surface area contributed by atoms with E-state index in [1.54, 1.807) is 0 Å². The molecule has 0 aliphatic heterocycles. The second-order valence-corrected chi connectivity index (χ2v) is 4.72. The van der Waals surface area contributed by atoms with Gasteiger partial charge in [0.25, 0.3) is 0 Å². The van der Waals surface area contributed by atoms with Crippen molar-refractivity contribution in [2.45, 2.75) is 25.8 Å². The van der Waals surface area contributed by atoms with Crippen molar-refractivity contribution in [3.8, 4) is 0 Å². The summed E-state index contributed by atoms with van der Waals surface area (Å²) in [4.78, 5) is 11.7. The second-order valence-electron chi connectivity index (χ2n) is 4.72. The minimum atomic E-state index is -0.0139. The highest BCUT2D eigenvalue weighted by atomic mass is 16.5. The van der Waals surface area contributed by atoms with Crippen LogP contribution in [-0.2, 0) is 16.1 Å². The summed E-state index contributed by atoms with van der Waals surface area (Å²) in [5.41, 5.74) is 7.36. The number of anilines is 1. The fourth-order valence-corrected chi connectivity index (χ4v) is 1.70. The summed E-state index contributed by atoms with van der Waals surface area (Å²) in [5, 5.41) is 2.85. The van der Waals surface area contributed by atoms with E-state index >= 15 is 0 Å². The van der Waals surface area contributed by atoms with Gasteiger partial charge in [0.05, 0.1) is 13.0 Å². The fraction of sp³-hybridized carbons (Fsp3) is 0.500. The molecule has 0 radical (unpaired) electrons. The molecular formula is C14H20N2O2. The van der Waals surface area contributed by atoms with E-state index in [0.29, 0.717) is 19.6 Å². The molecule has 0 heterocycles. The first kappa shape index (κ1) is 13.1. The topological polar surface area (TPSA) is 64.3 Å². The Morgan fingerprint density at radius 1 is 1.44 bits per heavy atom. The van der Waals surface area contributed by atoms with Crippen LogP contribution in [0.3, 0.4) is 0 Å². The summed E-state index contributed by atoms with van der Waals surface area (Å²) in [6, 6.07) is 7.58. The first-order valence-corrected chi connectivity index (χ1v) is 6.44. The van der Waals surface area contributed by atoms with Gasteiger partial charge in [-0.05, 0) is 36.5 Å². The van der Waals surface area contributed by atoms with Crippen molar-refractivity contribution < 1.29 is 9.53 Å². The summed E-state index contributed by atoms with van der Waals surface area (Å²) < 4.78 is 5.43. The van der Waals surface area contributed by atoms with Crippen molar-refractivity contribution in [2.24, 2.45) is 11.7 Å². The highest BCUT2D eigenvalue weighted by Gasteiger charge is 2.21. The van der Waals surface area contributed by atoms with E-state index in [2.05, 4.69) is 5.32 Å². The maximum atomic E-state index is 11.7. The molecule has 0 aromatic heterocycles. The second kappa shape index (κ2) is 6.52. The molecule has 1 amide bonds. The zero-order valence-electron chi connectivity index (χ0n) is 10.5. The summed E-state index contributed by atoms with van der Waals surface area (Å²) >= 11 is 0. The molecule has 1 aliphatic carbocycles. The van der Waals surface area contributed by atoms with E-state index < -0.39 is 0 Å². The largest absolute Gasteiger partial charge is 0.381 e. The lowest BCUT2D eigenvalue weighted by atomic mass is 10.2. The van der Waals surface area contributed by atoms with E-state index in [1.165, 1.54) is 12.8 Å². The van der Waals surface area contributed by atoms with Gasteiger partial charge in [-0.25, -0.2) is 0 Å². The molecule has 4 nitrogen and oxygen atoms in total. The van der Waals surface area contributed by atoms with Crippen LogP contribution in [0.1, 0.15) is 24.8 Å². The third-order valence-electron chi connectivity index (χ3n) is 2.97. The van der Waals surface area contributed by atoms with Crippen LogP contribution in [0.5, 0.6) is 0 Å². The number of amides is 1. The standard InChI is InChI=1S/C14H20N2O2/c15-9-12-2-1-3-13(8-12)16-14(17)6-7-18-10-11-4-5-11/h1-3,8,11H,4-7,9-10,15H2,(H,16,17). The van der Waals surface area contributed by atoms with E-state index in [9.17, 15) is 4.79 Å². The zero-order valence-corrected chi connectivity index (χ0v) is 10.5. The summed E-state index contributed by atoms with van der Waals surface area (Å²) in [6.07, 6.45) is 2.95. The maximum absolute atomic E-state index is 11.7. The van der Waals surface area contributed by atoms with Gasteiger partial charge in [0.2, 0.25) is 5.91 Å². The first-order chi connectivity index (χ1) is 8.78. The predicted octanol–water partition coefficient (Wildman–Crippen LogP) is 1.90. The average molecular weight is 248 g/mol. The lowest BCUT2D eigenvalue weighted by molar-refractivity contribution is -0.117. The van der Waals surface area contributed by atoms with Gasteiger partial charge in [0.1, 0.15) is 0 Å². The van der Waals surface area contributed by atoms with Gasteiger partial charge in [-0.3, -0.25) is 4.79 Å². The van der Waals surface area contributed by atoms with Crippen LogP contribution in [0.25, 0.3) is 0 Å². The highest BCUT2D eigenvalue weighted by Crippen LogP contribution is 2.28. The van der Waals surface area contributed by atoms with Crippen molar-refractivity contribution in [3.05, 3.63) is 29.8 Å². The molecule has 0 spiro atoms.